The summed E-state index contributed by atoms with van der Waals surface area (Å²) in [7, 11) is -0.110. The lowest BCUT2D eigenvalue weighted by atomic mass is 9.78. The first-order valence-electron chi connectivity index (χ1n) is 11.4. The maximum absolute atomic E-state index is 14.0. The van der Waals surface area contributed by atoms with Gasteiger partial charge >= 0.3 is 6.18 Å². The van der Waals surface area contributed by atoms with Gasteiger partial charge in [0.15, 0.2) is 0 Å². The quantitative estimate of drug-likeness (QED) is 0.660. The number of rotatable bonds is 5. The van der Waals surface area contributed by atoms with Gasteiger partial charge < -0.3 is 10.1 Å². The van der Waals surface area contributed by atoms with Crippen LogP contribution in [0, 0.1) is 29.1 Å². The molecule has 3 aliphatic rings. The standard InChI is InChI=1S/C25H24F3N3O3S/c1-34-20-8-4-15(5-9-20)23(32)30-14-24-18-6-2-16(10-18)22(24)13-31(35(24)33)19-7-3-17(12-29)21(11-19)25(26,27)28/h3-5,7-9,11,16,18,22H,2,6,10,13-14H2,1H3,(H,30,32)/t16-,18+,22-,24+,35?/m0/s1. The average Bonchev–Trinajstić information content (AvgIpc) is 3.53. The first-order valence-corrected chi connectivity index (χ1v) is 12.5. The molecule has 10 heteroatoms. The number of nitrogens with zero attached hydrogens (tertiary/aromatic N) is 2. The van der Waals surface area contributed by atoms with Crippen LogP contribution >= 0.6 is 0 Å². The van der Waals surface area contributed by atoms with Crippen molar-refractivity contribution in [3.8, 4) is 11.8 Å². The normalized spacial score (nSPS) is 29.1. The third-order valence-corrected chi connectivity index (χ3v) is 10.0. The van der Waals surface area contributed by atoms with Gasteiger partial charge in [-0.25, -0.2) is 4.21 Å². The SMILES string of the molecule is COc1ccc(C(=O)NC[C@@]23[C@@H]4CC[C@@H](C4)[C@@H]2CN(c2ccc(C#N)c(C(F)(F)F)c2)S3=O)cc1. The molecule has 3 fully saturated rings. The molecule has 2 bridgehead atoms. The Hall–Kier alpha value is -3.06. The van der Waals surface area contributed by atoms with Crippen molar-refractivity contribution in [3.63, 3.8) is 0 Å². The van der Waals surface area contributed by atoms with Gasteiger partial charge in [0.2, 0.25) is 0 Å². The fourth-order valence-corrected chi connectivity index (χ4v) is 8.41. The third kappa shape index (κ3) is 3.77. The number of amides is 1. The van der Waals surface area contributed by atoms with Crippen molar-refractivity contribution >= 4 is 22.6 Å². The summed E-state index contributed by atoms with van der Waals surface area (Å²) in [6.07, 6.45) is -1.89. The van der Waals surface area contributed by atoms with Gasteiger partial charge in [0.1, 0.15) is 16.7 Å². The number of ether oxygens (including phenoxy) is 1. The highest BCUT2D eigenvalue weighted by atomic mass is 32.2. The summed E-state index contributed by atoms with van der Waals surface area (Å²) < 4.78 is 60.6. The lowest BCUT2D eigenvalue weighted by Crippen LogP contribution is -2.52. The Bertz CT molecular complexity index is 1230. The number of fused-ring (bicyclic) bond motifs is 5. The zero-order valence-electron chi connectivity index (χ0n) is 19.0. The topological polar surface area (TPSA) is 82.4 Å². The molecule has 0 aromatic heterocycles. The van der Waals surface area contributed by atoms with Crippen molar-refractivity contribution < 1.29 is 26.9 Å². The van der Waals surface area contributed by atoms with Gasteiger partial charge in [-0.15, -0.1) is 0 Å². The summed E-state index contributed by atoms with van der Waals surface area (Å²) in [6, 6.07) is 11.7. The van der Waals surface area contributed by atoms with E-state index in [2.05, 4.69) is 5.32 Å². The maximum atomic E-state index is 14.0. The number of methoxy groups -OCH3 is 1. The molecular formula is C25H24F3N3O3S. The number of hydrogen-bond acceptors (Lipinski definition) is 4. The Morgan fingerprint density at radius 3 is 2.66 bits per heavy atom. The lowest BCUT2D eigenvalue weighted by molar-refractivity contribution is -0.137. The van der Waals surface area contributed by atoms with Crippen LogP contribution < -0.4 is 14.4 Å². The number of carbonyl (C=O) groups is 1. The first-order chi connectivity index (χ1) is 16.7. The monoisotopic (exact) mass is 503 g/mol. The molecule has 35 heavy (non-hydrogen) atoms. The van der Waals surface area contributed by atoms with Crippen molar-refractivity contribution in [3.05, 3.63) is 59.2 Å². The molecule has 184 valence electrons. The summed E-state index contributed by atoms with van der Waals surface area (Å²) in [5.41, 5.74) is -0.863. The van der Waals surface area contributed by atoms with Crippen LogP contribution in [-0.4, -0.2) is 35.1 Å². The molecule has 1 amide bonds. The molecule has 2 aromatic rings. The molecular weight excluding hydrogens is 479 g/mol. The van der Waals surface area contributed by atoms with Crippen LogP contribution in [0.2, 0.25) is 0 Å². The molecule has 5 atom stereocenters. The number of benzene rings is 2. The van der Waals surface area contributed by atoms with Crippen molar-refractivity contribution in [1.29, 1.82) is 5.26 Å². The van der Waals surface area contributed by atoms with Gasteiger partial charge in [-0.3, -0.25) is 9.10 Å². The highest BCUT2D eigenvalue weighted by molar-refractivity contribution is 7.88. The molecule has 1 heterocycles. The number of anilines is 1. The summed E-state index contributed by atoms with van der Waals surface area (Å²) in [5, 5.41) is 12.1. The number of alkyl halides is 3. The Balaban J connectivity index is 1.43. The van der Waals surface area contributed by atoms with Gasteiger partial charge in [-0.1, -0.05) is 0 Å². The number of nitrogens with one attached hydrogen (secondary N) is 1. The highest BCUT2D eigenvalue weighted by Gasteiger charge is 2.66. The van der Waals surface area contributed by atoms with E-state index >= 15 is 0 Å². The predicted octanol–water partition coefficient (Wildman–Crippen LogP) is 4.28. The average molecular weight is 504 g/mol. The van der Waals surface area contributed by atoms with Crippen molar-refractivity contribution in [2.45, 2.75) is 30.2 Å². The molecule has 2 aromatic carbocycles. The molecule has 2 aliphatic carbocycles. The molecule has 0 radical (unpaired) electrons. The van der Waals surface area contributed by atoms with E-state index in [1.807, 2.05) is 0 Å². The van der Waals surface area contributed by atoms with Gasteiger partial charge in [-0.05, 0) is 73.6 Å². The molecule has 2 saturated carbocycles. The first kappa shape index (κ1) is 23.7. The lowest BCUT2D eigenvalue weighted by Gasteiger charge is -2.37. The highest BCUT2D eigenvalue weighted by Crippen LogP contribution is 2.61. The zero-order chi connectivity index (χ0) is 25.0. The molecule has 1 N–H and O–H groups in total. The van der Waals surface area contributed by atoms with Crippen molar-refractivity contribution in [2.24, 2.45) is 17.8 Å². The maximum Gasteiger partial charge on any atom is 0.417 e. The van der Waals surface area contributed by atoms with Crippen molar-refractivity contribution in [1.82, 2.24) is 5.32 Å². The minimum atomic E-state index is -4.69. The molecule has 0 spiro atoms. The minimum Gasteiger partial charge on any atom is -0.497 e. The summed E-state index contributed by atoms with van der Waals surface area (Å²) in [5.74, 6) is 0.786. The second-order valence-electron chi connectivity index (χ2n) is 9.39. The fraction of sp³-hybridized carbons (Fsp3) is 0.440. The van der Waals surface area contributed by atoms with E-state index in [1.54, 1.807) is 30.3 Å². The number of halogens is 3. The summed E-state index contributed by atoms with van der Waals surface area (Å²) >= 11 is 0. The second kappa shape index (κ2) is 8.55. The van der Waals surface area contributed by atoms with E-state index in [4.69, 9.17) is 10.00 Å². The van der Waals surface area contributed by atoms with E-state index in [9.17, 15) is 22.2 Å². The zero-order valence-corrected chi connectivity index (χ0v) is 19.8. The minimum absolute atomic E-state index is 0.00299. The largest absolute Gasteiger partial charge is 0.497 e. The van der Waals surface area contributed by atoms with Gasteiger partial charge in [0.25, 0.3) is 5.91 Å². The number of carbonyl (C=O) groups excluding carboxylic acids is 1. The van der Waals surface area contributed by atoms with Crippen LogP contribution in [0.3, 0.4) is 0 Å². The molecule has 6 nitrogen and oxygen atoms in total. The van der Waals surface area contributed by atoms with Crippen LogP contribution in [-0.2, 0) is 17.2 Å². The summed E-state index contributed by atoms with van der Waals surface area (Å²) in [4.78, 5) is 12.9. The van der Waals surface area contributed by atoms with Crippen LogP contribution in [0.15, 0.2) is 42.5 Å². The Kier molecular flexibility index (Phi) is 5.79. The molecule has 1 unspecified atom stereocenters. The predicted molar refractivity (Wildman–Crippen MR) is 124 cm³/mol. The molecule has 1 saturated heterocycles. The van der Waals surface area contributed by atoms with Crippen LogP contribution in [0.1, 0.15) is 40.7 Å². The second-order valence-corrected chi connectivity index (χ2v) is 11.1. The Morgan fingerprint density at radius 1 is 1.26 bits per heavy atom. The van der Waals surface area contributed by atoms with E-state index in [-0.39, 0.29) is 30.0 Å². The van der Waals surface area contributed by atoms with E-state index in [0.29, 0.717) is 23.8 Å². The van der Waals surface area contributed by atoms with Crippen LogP contribution in [0.4, 0.5) is 18.9 Å². The molecule has 5 rings (SSSR count). The van der Waals surface area contributed by atoms with E-state index < -0.39 is 33.0 Å². The van der Waals surface area contributed by atoms with Crippen LogP contribution in [0.5, 0.6) is 5.75 Å². The number of nitriles is 1. The third-order valence-electron chi connectivity index (χ3n) is 7.84. The number of hydrogen-bond donors (Lipinski definition) is 1. The Labute approximate surface area is 203 Å². The van der Waals surface area contributed by atoms with Crippen LogP contribution in [0.25, 0.3) is 0 Å². The molecule has 1 aliphatic heterocycles. The van der Waals surface area contributed by atoms with E-state index in [1.165, 1.54) is 17.5 Å². The van der Waals surface area contributed by atoms with Gasteiger partial charge in [-0.2, -0.15) is 18.4 Å². The van der Waals surface area contributed by atoms with E-state index in [0.717, 1.165) is 31.4 Å². The summed E-state index contributed by atoms with van der Waals surface area (Å²) in [6.45, 7) is 0.546. The Morgan fingerprint density at radius 2 is 2.00 bits per heavy atom. The van der Waals surface area contributed by atoms with Gasteiger partial charge in [0.05, 0.1) is 29.1 Å². The van der Waals surface area contributed by atoms with Gasteiger partial charge in [0, 0.05) is 30.3 Å². The van der Waals surface area contributed by atoms with Crippen molar-refractivity contribution in [2.75, 3.05) is 24.5 Å². The smallest absolute Gasteiger partial charge is 0.417 e. The fourth-order valence-electron chi connectivity index (χ4n) is 6.18.